The van der Waals surface area contributed by atoms with Crippen LogP contribution in [-0.4, -0.2) is 42.5 Å². The molecule has 0 bridgehead atoms. The largest absolute Gasteiger partial charge is 0.496 e. The number of esters is 1. The van der Waals surface area contributed by atoms with Gasteiger partial charge in [0.1, 0.15) is 12.4 Å². The molecule has 1 aromatic heterocycles. The number of nitrogens with one attached hydrogen (secondary N) is 1. The van der Waals surface area contributed by atoms with Crippen LogP contribution in [0, 0.1) is 5.92 Å². The summed E-state index contributed by atoms with van der Waals surface area (Å²) in [5.74, 6) is 1.10. The molecular formula is C27H31N3O5. The van der Waals surface area contributed by atoms with Crippen LogP contribution in [0.15, 0.2) is 49.1 Å². The van der Waals surface area contributed by atoms with E-state index in [1.807, 2.05) is 24.3 Å². The molecule has 4 rings (SSSR count). The first-order valence-corrected chi connectivity index (χ1v) is 11.8. The Labute approximate surface area is 204 Å². The third-order valence-electron chi connectivity index (χ3n) is 6.32. The van der Waals surface area contributed by atoms with E-state index in [-0.39, 0.29) is 5.91 Å². The summed E-state index contributed by atoms with van der Waals surface area (Å²) >= 11 is 0. The molecule has 1 heterocycles. The molecule has 2 aromatic carbocycles. The van der Waals surface area contributed by atoms with Gasteiger partial charge in [0.15, 0.2) is 0 Å². The number of hydrogen-bond acceptors (Lipinski definition) is 6. The highest BCUT2D eigenvalue weighted by molar-refractivity contribution is 5.95. The number of nitrogens with zero attached hydrogens (tertiary/aromatic N) is 2. The molecule has 184 valence electrons. The van der Waals surface area contributed by atoms with Gasteiger partial charge in [0.25, 0.3) is 0 Å². The number of carbonyl (C=O) groups excluding carboxylic acids is 2. The summed E-state index contributed by atoms with van der Waals surface area (Å²) in [5, 5.41) is 8.53. The number of anilines is 1. The summed E-state index contributed by atoms with van der Waals surface area (Å²) < 4.78 is 17.9. The van der Waals surface area contributed by atoms with Crippen LogP contribution >= 0.6 is 0 Å². The van der Waals surface area contributed by atoms with E-state index >= 15 is 0 Å². The number of fused-ring (bicyclic) bond motifs is 1. The van der Waals surface area contributed by atoms with E-state index in [1.165, 1.54) is 20.0 Å². The second-order valence-corrected chi connectivity index (χ2v) is 8.72. The van der Waals surface area contributed by atoms with Crippen LogP contribution in [0.4, 0.5) is 5.69 Å². The number of ether oxygens (including phenoxy) is 3. The van der Waals surface area contributed by atoms with Crippen molar-refractivity contribution in [1.29, 1.82) is 0 Å². The monoisotopic (exact) mass is 477 g/mol. The average molecular weight is 478 g/mol. The highest BCUT2D eigenvalue weighted by Gasteiger charge is 2.20. The van der Waals surface area contributed by atoms with Gasteiger partial charge in [-0.05, 0) is 49.1 Å². The second-order valence-electron chi connectivity index (χ2n) is 8.72. The van der Waals surface area contributed by atoms with Crippen LogP contribution in [0.2, 0.25) is 0 Å². The Hall–Kier alpha value is -3.81. The second kappa shape index (κ2) is 11.1. The predicted octanol–water partition coefficient (Wildman–Crippen LogP) is 4.96. The number of benzene rings is 2. The third kappa shape index (κ3) is 5.65. The zero-order valence-corrected chi connectivity index (χ0v) is 20.2. The minimum atomic E-state index is -0.433. The number of methoxy groups -OCH3 is 2. The van der Waals surface area contributed by atoms with Crippen LogP contribution < -0.4 is 14.8 Å². The molecule has 0 saturated heterocycles. The molecule has 1 fully saturated rings. The van der Waals surface area contributed by atoms with Gasteiger partial charge in [0, 0.05) is 17.7 Å². The minimum absolute atomic E-state index is 0.0329. The number of aromatic nitrogens is 2. The van der Waals surface area contributed by atoms with Gasteiger partial charge in [-0.25, -0.2) is 4.79 Å². The van der Waals surface area contributed by atoms with Crippen molar-refractivity contribution in [3.05, 3.63) is 60.2 Å². The normalized spacial score (nSPS) is 13.5. The molecule has 0 aliphatic heterocycles. The zero-order valence-electron chi connectivity index (χ0n) is 20.2. The van der Waals surface area contributed by atoms with Gasteiger partial charge >= 0.3 is 5.97 Å². The molecule has 3 aromatic rings. The van der Waals surface area contributed by atoms with E-state index < -0.39 is 5.97 Å². The lowest BCUT2D eigenvalue weighted by atomic mass is 10.0. The van der Waals surface area contributed by atoms with Crippen LogP contribution in [0.1, 0.15) is 48.0 Å². The smallest absolute Gasteiger partial charge is 0.337 e. The summed E-state index contributed by atoms with van der Waals surface area (Å²) in [6.07, 6.45) is 6.88. The number of rotatable bonds is 10. The lowest BCUT2D eigenvalue weighted by molar-refractivity contribution is -0.117. The maximum absolute atomic E-state index is 12.6. The van der Waals surface area contributed by atoms with E-state index in [0.717, 1.165) is 29.3 Å². The summed E-state index contributed by atoms with van der Waals surface area (Å²) in [6, 6.07) is 10.8. The molecule has 35 heavy (non-hydrogen) atoms. The average Bonchev–Trinajstić information content (AvgIpc) is 3.50. The van der Waals surface area contributed by atoms with Gasteiger partial charge < -0.3 is 19.5 Å². The van der Waals surface area contributed by atoms with Crippen molar-refractivity contribution in [1.82, 2.24) is 9.78 Å². The van der Waals surface area contributed by atoms with Crippen LogP contribution in [0.3, 0.4) is 0 Å². The summed E-state index contributed by atoms with van der Waals surface area (Å²) in [7, 11) is 2.89. The van der Waals surface area contributed by atoms with Gasteiger partial charge in [-0.2, -0.15) is 0 Å². The summed E-state index contributed by atoms with van der Waals surface area (Å²) in [6.45, 7) is 4.41. The lowest BCUT2D eigenvalue weighted by Crippen LogP contribution is -2.15. The molecule has 0 spiro atoms. The van der Waals surface area contributed by atoms with Crippen LogP contribution in [0.25, 0.3) is 10.9 Å². The van der Waals surface area contributed by atoms with E-state index in [0.29, 0.717) is 48.4 Å². The van der Waals surface area contributed by atoms with Crippen molar-refractivity contribution in [2.24, 2.45) is 5.92 Å². The van der Waals surface area contributed by atoms with Gasteiger partial charge in [0.05, 0.1) is 37.2 Å². The first kappa shape index (κ1) is 24.3. The van der Waals surface area contributed by atoms with Crippen molar-refractivity contribution in [2.75, 3.05) is 26.1 Å². The number of hydrogen-bond donors (Lipinski definition) is 1. The topological polar surface area (TPSA) is 91.7 Å². The molecular weight excluding hydrogens is 446 g/mol. The zero-order chi connectivity index (χ0) is 24.8. The number of carbonyl (C=O) groups is 2. The quantitative estimate of drug-likeness (QED) is 0.328. The Balaban J connectivity index is 1.64. The lowest BCUT2D eigenvalue weighted by Gasteiger charge is -2.12. The third-order valence-corrected chi connectivity index (χ3v) is 6.32. The van der Waals surface area contributed by atoms with Crippen molar-refractivity contribution < 1.29 is 23.8 Å². The molecule has 8 heteroatoms. The van der Waals surface area contributed by atoms with Crippen molar-refractivity contribution in [3.8, 4) is 11.6 Å². The first-order chi connectivity index (χ1) is 17.0. The van der Waals surface area contributed by atoms with Gasteiger partial charge in [-0.15, -0.1) is 5.10 Å². The Bertz CT molecular complexity index is 1230. The maximum Gasteiger partial charge on any atom is 0.337 e. The molecule has 1 amide bonds. The van der Waals surface area contributed by atoms with Gasteiger partial charge in [-0.1, -0.05) is 31.6 Å². The standard InChI is InChI=1S/C27H31N3O5/c1-4-13-35-26-22-12-11-21(28-25(31)14-18-7-5-6-8-18)16-23(22)30(29-26)17-20-10-9-19(27(32)34-3)15-24(20)33-2/h4,9-12,15-16,18H,1,5-8,13-14,17H2,2-3H3,(H,28,31). The predicted molar refractivity (Wildman–Crippen MR) is 134 cm³/mol. The molecule has 0 unspecified atom stereocenters. The van der Waals surface area contributed by atoms with Crippen LogP contribution in [0.5, 0.6) is 11.6 Å². The summed E-state index contributed by atoms with van der Waals surface area (Å²) in [5.41, 5.74) is 2.75. The van der Waals surface area contributed by atoms with E-state index in [4.69, 9.17) is 14.2 Å². The maximum atomic E-state index is 12.6. The van der Waals surface area contributed by atoms with Crippen molar-refractivity contribution in [2.45, 2.75) is 38.6 Å². The fourth-order valence-corrected chi connectivity index (χ4v) is 4.56. The molecule has 1 N–H and O–H groups in total. The molecule has 1 aliphatic carbocycles. The molecule has 0 atom stereocenters. The summed E-state index contributed by atoms with van der Waals surface area (Å²) in [4.78, 5) is 24.5. The fourth-order valence-electron chi connectivity index (χ4n) is 4.56. The van der Waals surface area contributed by atoms with E-state index in [1.54, 1.807) is 30.0 Å². The highest BCUT2D eigenvalue weighted by atomic mass is 16.5. The fraction of sp³-hybridized carbons (Fsp3) is 0.370. The van der Waals surface area contributed by atoms with E-state index in [9.17, 15) is 9.59 Å². The van der Waals surface area contributed by atoms with Crippen LogP contribution in [-0.2, 0) is 16.1 Å². The Morgan fingerprint density at radius 3 is 2.69 bits per heavy atom. The molecule has 1 saturated carbocycles. The van der Waals surface area contributed by atoms with E-state index in [2.05, 4.69) is 17.0 Å². The highest BCUT2D eigenvalue weighted by Crippen LogP contribution is 2.31. The van der Waals surface area contributed by atoms with Gasteiger partial charge in [-0.3, -0.25) is 9.48 Å². The number of amides is 1. The molecule has 1 aliphatic rings. The SMILES string of the molecule is C=CCOc1nn(Cc2ccc(C(=O)OC)cc2OC)c2cc(NC(=O)CC3CCCC3)ccc12. The molecule has 8 nitrogen and oxygen atoms in total. The molecule has 0 radical (unpaired) electrons. The van der Waals surface area contributed by atoms with Crippen molar-refractivity contribution in [3.63, 3.8) is 0 Å². The van der Waals surface area contributed by atoms with Gasteiger partial charge in [0.2, 0.25) is 11.8 Å². The Morgan fingerprint density at radius 2 is 1.97 bits per heavy atom. The Kier molecular flexibility index (Phi) is 7.70. The van der Waals surface area contributed by atoms with Crippen molar-refractivity contribution >= 4 is 28.5 Å². The minimum Gasteiger partial charge on any atom is -0.496 e. The Morgan fingerprint density at radius 1 is 1.17 bits per heavy atom. The first-order valence-electron chi connectivity index (χ1n) is 11.8.